The number of carbonyl (C=O) groups excluding carboxylic acids is 6. The largest absolute Gasteiger partial charge is 0.356 e. The van der Waals surface area contributed by atoms with Gasteiger partial charge >= 0.3 is 0 Å². The Balaban J connectivity index is 0.931. The van der Waals surface area contributed by atoms with E-state index >= 15 is 0 Å². The van der Waals surface area contributed by atoms with Gasteiger partial charge in [-0.3, -0.25) is 44.4 Å². The SMILES string of the molecule is CC(=O)N(O)CCCCCNC(=O)CCC(=O)N(O)CCCCCCC(=O)CCC(=O)N(O)CCCCCNC(=O)CCCCC[N+](C)(C)CCC[n+]1ccc(/C=C2/Nc3ccccc3S2)c2ccccc21. The molecule has 3 aromatic rings. The number of para-hydroxylation sites is 2. The van der Waals surface area contributed by atoms with Gasteiger partial charge < -0.3 is 20.4 Å². The lowest BCUT2D eigenvalue weighted by atomic mass is 10.1. The number of hydrogen-bond acceptors (Lipinski definition) is 11. The molecule has 0 fully saturated rings. The van der Waals surface area contributed by atoms with Crippen LogP contribution in [0.3, 0.4) is 0 Å². The van der Waals surface area contributed by atoms with Crippen molar-refractivity contribution in [1.29, 1.82) is 0 Å². The number of nitrogens with one attached hydrogen (secondary N) is 3. The molecule has 17 nitrogen and oxygen atoms in total. The number of aromatic nitrogens is 1. The molecule has 0 saturated heterocycles. The summed E-state index contributed by atoms with van der Waals surface area (Å²) >= 11 is 1.77. The van der Waals surface area contributed by atoms with Crippen molar-refractivity contribution in [2.75, 3.05) is 65.2 Å². The van der Waals surface area contributed by atoms with Gasteiger partial charge in [-0.15, -0.1) is 0 Å². The lowest BCUT2D eigenvalue weighted by Crippen LogP contribution is -2.44. The third-order valence-corrected chi connectivity index (χ3v) is 13.9. The molecule has 6 N–H and O–H groups in total. The van der Waals surface area contributed by atoms with Crippen LogP contribution < -0.4 is 20.5 Å². The summed E-state index contributed by atoms with van der Waals surface area (Å²) in [6, 6.07) is 19.2. The highest BCUT2D eigenvalue weighted by Crippen LogP contribution is 2.41. The minimum absolute atomic E-state index is 0.0450. The number of unbranched alkanes of at least 4 members (excludes halogenated alkanes) is 9. The van der Waals surface area contributed by atoms with Gasteiger partial charge in [-0.1, -0.05) is 48.9 Å². The van der Waals surface area contributed by atoms with Crippen molar-refractivity contribution >= 4 is 69.7 Å². The van der Waals surface area contributed by atoms with Crippen LogP contribution in [-0.2, 0) is 35.3 Å². The van der Waals surface area contributed by atoms with Crippen molar-refractivity contribution in [3.63, 3.8) is 0 Å². The average molecular weight is 1020 g/mol. The molecule has 5 amide bonds. The second kappa shape index (κ2) is 32.6. The Morgan fingerprint density at radius 2 is 1.17 bits per heavy atom. The molecular formula is C54H82N8O9S+2. The van der Waals surface area contributed by atoms with Gasteiger partial charge in [-0.05, 0) is 100 Å². The number of benzene rings is 2. The van der Waals surface area contributed by atoms with E-state index in [4.69, 9.17) is 0 Å². The normalized spacial score (nSPS) is 12.6. The summed E-state index contributed by atoms with van der Waals surface area (Å²) in [4.78, 5) is 73.6. The summed E-state index contributed by atoms with van der Waals surface area (Å²) in [5, 5.41) is 43.1. The smallest absolute Gasteiger partial charge is 0.246 e. The van der Waals surface area contributed by atoms with Crippen LogP contribution in [0.25, 0.3) is 17.0 Å². The molecule has 0 bridgehead atoms. The van der Waals surface area contributed by atoms with E-state index in [-0.39, 0.29) is 62.9 Å². The molecule has 1 aliphatic rings. The third kappa shape index (κ3) is 23.0. The van der Waals surface area contributed by atoms with Crippen LogP contribution in [0.1, 0.15) is 141 Å². The first-order chi connectivity index (χ1) is 34.6. The number of Topliss-reactive ketones (excluding diaryl/α,β-unsaturated/α-hetero) is 1. The summed E-state index contributed by atoms with van der Waals surface area (Å²) in [6.07, 6.45) is 15.6. The number of ketones is 1. The highest BCUT2D eigenvalue weighted by atomic mass is 32.2. The van der Waals surface area contributed by atoms with Crippen LogP contribution >= 0.6 is 11.8 Å². The number of hydrogen-bond donors (Lipinski definition) is 6. The van der Waals surface area contributed by atoms with Gasteiger partial charge in [0.2, 0.25) is 35.1 Å². The molecule has 0 saturated carbocycles. The number of aryl methyl sites for hydroxylation is 1. The number of carbonyl (C=O) groups is 6. The molecule has 0 spiro atoms. The Hall–Kier alpha value is -5.40. The number of hydroxylamine groups is 6. The van der Waals surface area contributed by atoms with Crippen molar-refractivity contribution in [2.24, 2.45) is 0 Å². The summed E-state index contributed by atoms with van der Waals surface area (Å²) in [5.41, 5.74) is 3.59. The van der Waals surface area contributed by atoms with E-state index in [9.17, 15) is 44.4 Å². The van der Waals surface area contributed by atoms with Crippen molar-refractivity contribution < 1.29 is 53.4 Å². The van der Waals surface area contributed by atoms with Gasteiger partial charge in [0.15, 0.2) is 12.7 Å². The van der Waals surface area contributed by atoms with Gasteiger partial charge in [-0.25, -0.2) is 15.2 Å². The zero-order valence-corrected chi connectivity index (χ0v) is 43.9. The Labute approximate surface area is 430 Å². The van der Waals surface area contributed by atoms with E-state index in [0.29, 0.717) is 92.5 Å². The summed E-state index contributed by atoms with van der Waals surface area (Å²) in [5.74, 6) is -1.77. The van der Waals surface area contributed by atoms with Crippen LogP contribution in [-0.4, -0.2) is 131 Å². The third-order valence-electron chi connectivity index (χ3n) is 12.9. The van der Waals surface area contributed by atoms with Crippen molar-refractivity contribution in [3.8, 4) is 0 Å². The highest BCUT2D eigenvalue weighted by Gasteiger charge is 2.20. The summed E-state index contributed by atoms with van der Waals surface area (Å²) in [6.45, 7) is 5.82. The second-order valence-electron chi connectivity index (χ2n) is 19.5. The zero-order chi connectivity index (χ0) is 52.1. The molecule has 0 radical (unpaired) electrons. The molecule has 0 unspecified atom stereocenters. The quantitative estimate of drug-likeness (QED) is 0.0108. The molecular weight excluding hydrogens is 937 g/mol. The van der Waals surface area contributed by atoms with Crippen molar-refractivity contribution in [3.05, 3.63) is 71.4 Å². The topological polar surface area (TPSA) is 213 Å². The fourth-order valence-electron chi connectivity index (χ4n) is 8.51. The Morgan fingerprint density at radius 1 is 0.611 bits per heavy atom. The molecule has 2 aromatic carbocycles. The molecule has 2 heterocycles. The Bertz CT molecular complexity index is 2210. The molecule has 1 aromatic heterocycles. The molecule has 4 rings (SSSR count). The number of pyridine rings is 1. The minimum Gasteiger partial charge on any atom is -0.356 e. The Kier molecular flexibility index (Phi) is 26.8. The number of rotatable bonds is 36. The van der Waals surface area contributed by atoms with E-state index in [1.807, 2.05) is 0 Å². The average Bonchev–Trinajstić information content (AvgIpc) is 3.78. The van der Waals surface area contributed by atoms with E-state index in [2.05, 4.69) is 101 Å². The summed E-state index contributed by atoms with van der Waals surface area (Å²) < 4.78 is 3.30. The first kappa shape index (κ1) is 59.2. The van der Waals surface area contributed by atoms with E-state index < -0.39 is 17.7 Å². The van der Waals surface area contributed by atoms with Gasteiger partial charge in [0, 0.05) is 95.2 Å². The molecule has 0 atom stereocenters. The lowest BCUT2D eigenvalue weighted by molar-refractivity contribution is -0.892. The maximum absolute atomic E-state index is 12.5. The fourth-order valence-corrected chi connectivity index (χ4v) is 9.47. The van der Waals surface area contributed by atoms with Crippen molar-refractivity contribution in [2.45, 2.75) is 147 Å². The molecule has 72 heavy (non-hydrogen) atoms. The minimum atomic E-state index is -0.543. The van der Waals surface area contributed by atoms with Gasteiger partial charge in [0.1, 0.15) is 5.78 Å². The number of fused-ring (bicyclic) bond motifs is 2. The number of quaternary nitrogens is 1. The van der Waals surface area contributed by atoms with Crippen molar-refractivity contribution in [1.82, 2.24) is 25.8 Å². The molecule has 0 aliphatic carbocycles. The maximum atomic E-state index is 12.5. The van der Waals surface area contributed by atoms with Gasteiger partial charge in [-0.2, -0.15) is 4.57 Å². The van der Waals surface area contributed by atoms with Gasteiger partial charge in [0.05, 0.1) is 49.7 Å². The predicted molar refractivity (Wildman–Crippen MR) is 279 cm³/mol. The van der Waals surface area contributed by atoms with Crippen LogP contribution in [0.4, 0.5) is 5.69 Å². The molecule has 18 heteroatoms. The van der Waals surface area contributed by atoms with E-state index in [1.165, 1.54) is 28.3 Å². The van der Waals surface area contributed by atoms with Gasteiger partial charge in [0.25, 0.3) is 0 Å². The van der Waals surface area contributed by atoms with Crippen LogP contribution in [0, 0.1) is 0 Å². The number of nitrogens with zero attached hydrogens (tertiary/aromatic N) is 5. The highest BCUT2D eigenvalue weighted by molar-refractivity contribution is 8.03. The van der Waals surface area contributed by atoms with Crippen LogP contribution in [0.2, 0.25) is 0 Å². The predicted octanol–water partition coefficient (Wildman–Crippen LogP) is 8.00. The van der Waals surface area contributed by atoms with Crippen LogP contribution in [0.5, 0.6) is 0 Å². The first-order valence-corrected chi connectivity index (χ1v) is 26.9. The molecule has 1 aliphatic heterocycles. The molecule has 396 valence electrons. The van der Waals surface area contributed by atoms with E-state index in [0.717, 1.165) is 73.4 Å². The second-order valence-corrected chi connectivity index (χ2v) is 20.5. The standard InChI is InChI=1S/C54H80N8O9S/c1-43(63)59(69)36-18-7-15-34-56-51(66)29-31-54(68)61(71)37-17-5-4-9-22-45(64)28-30-53(67)60(70)38-19-8-16-33-55-50(65)27-10-6-20-40-62(2,3)41-21-35-58-39-32-44(46-23-11-13-25-48(46)58)42-52-57-47-24-12-14-26-49(47)72-52/h11-14,23-26,32,39,42,69-71H,4-10,15-22,27-31,33-38,40-41H2,1-3H3,(H-,55,56,65,66)/p+2. The summed E-state index contributed by atoms with van der Waals surface area (Å²) in [7, 11) is 4.57. The number of amides is 5. The van der Waals surface area contributed by atoms with E-state index in [1.54, 1.807) is 11.8 Å². The lowest BCUT2D eigenvalue weighted by Gasteiger charge is -2.29. The Morgan fingerprint density at radius 3 is 1.85 bits per heavy atom. The number of anilines is 1. The number of thioether (sulfide) groups is 1. The zero-order valence-electron chi connectivity index (χ0n) is 43.1. The maximum Gasteiger partial charge on any atom is 0.246 e. The first-order valence-electron chi connectivity index (χ1n) is 26.1. The fraction of sp³-hybridized carbons (Fsp3) is 0.574. The monoisotopic (exact) mass is 1020 g/mol. The van der Waals surface area contributed by atoms with Crippen LogP contribution in [0.15, 0.2) is 70.7 Å².